The third-order valence-electron chi connectivity index (χ3n) is 1.86. The minimum absolute atomic E-state index is 0.150. The first-order valence-corrected chi connectivity index (χ1v) is 5.60. The van der Waals surface area contributed by atoms with E-state index in [1.54, 1.807) is 6.07 Å². The molecule has 0 heterocycles. The van der Waals surface area contributed by atoms with Gasteiger partial charge in [0, 0.05) is 5.02 Å². The maximum absolute atomic E-state index is 6.09. The fraction of sp³-hybridized carbons (Fsp3) is 0.400. The summed E-state index contributed by atoms with van der Waals surface area (Å²) in [5, 5.41) is 1.74. The minimum atomic E-state index is -0.150. The van der Waals surface area contributed by atoms with Gasteiger partial charge >= 0.3 is 0 Å². The molecule has 0 aromatic heterocycles. The molecule has 0 fully saturated rings. The Hall–Kier alpha value is 0.380. The zero-order valence-corrected chi connectivity index (χ0v) is 11.1. The predicted molar refractivity (Wildman–Crippen MR) is 65.2 cm³/mol. The maximum atomic E-state index is 6.09. The Morgan fingerprint density at radius 2 is 1.36 bits per heavy atom. The van der Waals surface area contributed by atoms with Crippen LogP contribution in [0.25, 0.3) is 0 Å². The van der Waals surface area contributed by atoms with Crippen LogP contribution in [-0.4, -0.2) is 0 Å². The van der Waals surface area contributed by atoms with Crippen molar-refractivity contribution < 1.29 is 0 Å². The SMILES string of the molecule is CC(C)(C)c1c(Cl)cc(Cl)c(Cl)c1Cl. The van der Waals surface area contributed by atoms with Crippen molar-refractivity contribution in [1.29, 1.82) is 0 Å². The highest BCUT2D eigenvalue weighted by molar-refractivity contribution is 6.49. The van der Waals surface area contributed by atoms with Crippen molar-refractivity contribution in [3.05, 3.63) is 31.7 Å². The Bertz CT molecular complexity index is 363. The summed E-state index contributed by atoms with van der Waals surface area (Å²) in [6, 6.07) is 1.62. The average molecular weight is 272 g/mol. The van der Waals surface area contributed by atoms with Gasteiger partial charge < -0.3 is 0 Å². The number of benzene rings is 1. The molecule has 0 amide bonds. The lowest BCUT2D eigenvalue weighted by Gasteiger charge is -2.23. The topological polar surface area (TPSA) is 0 Å². The fourth-order valence-corrected chi connectivity index (χ4v) is 2.73. The molecule has 0 nitrogen and oxygen atoms in total. The van der Waals surface area contributed by atoms with Crippen LogP contribution in [0.15, 0.2) is 6.07 Å². The molecule has 0 N–H and O–H groups in total. The smallest absolute Gasteiger partial charge is 0.0782 e. The van der Waals surface area contributed by atoms with Crippen LogP contribution in [0.1, 0.15) is 26.3 Å². The van der Waals surface area contributed by atoms with E-state index in [0.717, 1.165) is 5.56 Å². The summed E-state index contributed by atoms with van der Waals surface area (Å²) >= 11 is 23.9. The number of rotatable bonds is 0. The molecule has 4 heteroatoms. The van der Waals surface area contributed by atoms with E-state index in [-0.39, 0.29) is 5.41 Å². The van der Waals surface area contributed by atoms with Gasteiger partial charge in [0.05, 0.1) is 15.1 Å². The number of hydrogen-bond acceptors (Lipinski definition) is 0. The van der Waals surface area contributed by atoms with Gasteiger partial charge in [0.1, 0.15) is 0 Å². The van der Waals surface area contributed by atoms with Gasteiger partial charge in [-0.3, -0.25) is 0 Å². The summed E-state index contributed by atoms with van der Waals surface area (Å²) in [4.78, 5) is 0. The van der Waals surface area contributed by atoms with Gasteiger partial charge in [0.15, 0.2) is 0 Å². The van der Waals surface area contributed by atoms with Crippen molar-refractivity contribution in [1.82, 2.24) is 0 Å². The van der Waals surface area contributed by atoms with Crippen molar-refractivity contribution in [2.75, 3.05) is 0 Å². The predicted octanol–water partition coefficient (Wildman–Crippen LogP) is 5.60. The van der Waals surface area contributed by atoms with E-state index < -0.39 is 0 Å². The molecule has 0 saturated carbocycles. The van der Waals surface area contributed by atoms with Crippen LogP contribution < -0.4 is 0 Å². The Morgan fingerprint density at radius 3 is 1.79 bits per heavy atom. The summed E-state index contributed by atoms with van der Waals surface area (Å²) < 4.78 is 0. The molecule has 0 aliphatic rings. The first kappa shape index (κ1) is 12.4. The Balaban J connectivity index is 3.53. The zero-order chi connectivity index (χ0) is 11.1. The Morgan fingerprint density at radius 1 is 0.857 bits per heavy atom. The summed E-state index contributed by atoms with van der Waals surface area (Å²) in [5.74, 6) is 0. The summed E-state index contributed by atoms with van der Waals surface area (Å²) in [6.45, 7) is 6.05. The van der Waals surface area contributed by atoms with Crippen molar-refractivity contribution in [3.8, 4) is 0 Å². The van der Waals surface area contributed by atoms with Gasteiger partial charge in [0.25, 0.3) is 0 Å². The van der Waals surface area contributed by atoms with E-state index >= 15 is 0 Å². The minimum Gasteiger partial charge on any atom is -0.0839 e. The van der Waals surface area contributed by atoms with Crippen LogP contribution >= 0.6 is 46.4 Å². The first-order chi connectivity index (χ1) is 6.25. The molecule has 0 spiro atoms. The Kier molecular flexibility index (Phi) is 3.64. The van der Waals surface area contributed by atoms with E-state index in [1.165, 1.54) is 0 Å². The van der Waals surface area contributed by atoms with Crippen LogP contribution in [-0.2, 0) is 5.41 Å². The number of hydrogen-bond donors (Lipinski definition) is 0. The van der Waals surface area contributed by atoms with Crippen molar-refractivity contribution in [3.63, 3.8) is 0 Å². The molecule has 0 radical (unpaired) electrons. The van der Waals surface area contributed by atoms with Crippen LogP contribution in [0.5, 0.6) is 0 Å². The monoisotopic (exact) mass is 270 g/mol. The largest absolute Gasteiger partial charge is 0.0839 e. The van der Waals surface area contributed by atoms with E-state index in [9.17, 15) is 0 Å². The van der Waals surface area contributed by atoms with Crippen LogP contribution in [0.3, 0.4) is 0 Å². The molecule has 78 valence electrons. The van der Waals surface area contributed by atoms with Gasteiger partial charge in [0.2, 0.25) is 0 Å². The molecule has 0 aliphatic heterocycles. The standard InChI is InChI=1S/C10H10Cl4/c1-10(2,3)7-5(11)4-6(12)8(13)9(7)14/h4H,1-3H3. The average Bonchev–Trinajstić information content (AvgIpc) is 1.97. The molecule has 0 atom stereocenters. The van der Waals surface area contributed by atoms with Crippen molar-refractivity contribution >= 4 is 46.4 Å². The second-order valence-corrected chi connectivity index (χ2v) is 5.66. The van der Waals surface area contributed by atoms with E-state index in [2.05, 4.69) is 0 Å². The van der Waals surface area contributed by atoms with E-state index in [1.807, 2.05) is 20.8 Å². The van der Waals surface area contributed by atoms with Gasteiger partial charge in [-0.05, 0) is 17.0 Å². The van der Waals surface area contributed by atoms with Crippen molar-refractivity contribution in [2.45, 2.75) is 26.2 Å². The molecule has 0 bridgehead atoms. The number of halogens is 4. The first-order valence-electron chi connectivity index (χ1n) is 4.08. The van der Waals surface area contributed by atoms with Crippen LogP contribution in [0, 0.1) is 0 Å². The molecular formula is C10H10Cl4. The Labute approximate surface area is 104 Å². The highest BCUT2D eigenvalue weighted by atomic mass is 35.5. The van der Waals surface area contributed by atoms with Gasteiger partial charge in [-0.1, -0.05) is 67.2 Å². The van der Waals surface area contributed by atoms with Crippen LogP contribution in [0.4, 0.5) is 0 Å². The lowest BCUT2D eigenvalue weighted by atomic mass is 9.87. The van der Waals surface area contributed by atoms with Crippen molar-refractivity contribution in [2.24, 2.45) is 0 Å². The molecule has 0 saturated heterocycles. The highest BCUT2D eigenvalue weighted by Crippen LogP contribution is 2.42. The van der Waals surface area contributed by atoms with Gasteiger partial charge in [-0.25, -0.2) is 0 Å². The summed E-state index contributed by atoms with van der Waals surface area (Å²) in [6.07, 6.45) is 0. The molecule has 1 rings (SSSR count). The second-order valence-electron chi connectivity index (χ2n) is 4.09. The van der Waals surface area contributed by atoms with Gasteiger partial charge in [-0.2, -0.15) is 0 Å². The lowest BCUT2D eigenvalue weighted by molar-refractivity contribution is 0.591. The lowest BCUT2D eigenvalue weighted by Crippen LogP contribution is -2.13. The maximum Gasteiger partial charge on any atom is 0.0782 e. The van der Waals surface area contributed by atoms with E-state index in [0.29, 0.717) is 20.1 Å². The van der Waals surface area contributed by atoms with E-state index in [4.69, 9.17) is 46.4 Å². The molecule has 1 aromatic rings. The zero-order valence-electron chi connectivity index (χ0n) is 8.09. The van der Waals surface area contributed by atoms with Gasteiger partial charge in [-0.15, -0.1) is 0 Å². The third-order valence-corrected chi connectivity index (χ3v) is 3.42. The molecule has 0 aliphatic carbocycles. The molecule has 14 heavy (non-hydrogen) atoms. The summed E-state index contributed by atoms with van der Waals surface area (Å²) in [7, 11) is 0. The molecule has 0 unspecified atom stereocenters. The highest BCUT2D eigenvalue weighted by Gasteiger charge is 2.23. The summed E-state index contributed by atoms with van der Waals surface area (Å²) in [5.41, 5.74) is 0.679. The second kappa shape index (κ2) is 4.09. The third kappa shape index (κ3) is 2.30. The fourth-order valence-electron chi connectivity index (χ4n) is 1.25. The quantitative estimate of drug-likeness (QED) is 0.426. The normalized spacial score (nSPS) is 11.9. The molecular weight excluding hydrogens is 262 g/mol. The molecule has 1 aromatic carbocycles. The van der Waals surface area contributed by atoms with Crippen LogP contribution in [0.2, 0.25) is 20.1 Å².